The van der Waals surface area contributed by atoms with Gasteiger partial charge in [-0.25, -0.2) is 0 Å². The summed E-state index contributed by atoms with van der Waals surface area (Å²) in [6, 6.07) is 20.8. The lowest BCUT2D eigenvalue weighted by molar-refractivity contribution is 0.0944. The molecule has 26 heavy (non-hydrogen) atoms. The first-order valence-electron chi connectivity index (χ1n) is 8.02. The number of benzene rings is 2. The minimum Gasteiger partial charge on any atom is -0.427 e. The van der Waals surface area contributed by atoms with Gasteiger partial charge >= 0.3 is 0 Å². The van der Waals surface area contributed by atoms with Gasteiger partial charge in [-0.1, -0.05) is 48.5 Å². The van der Waals surface area contributed by atoms with E-state index in [1.165, 1.54) is 18.3 Å². The Hall–Kier alpha value is -3.67. The van der Waals surface area contributed by atoms with E-state index in [1.807, 2.05) is 30.3 Å². The van der Waals surface area contributed by atoms with Crippen molar-refractivity contribution in [2.45, 2.75) is 6.54 Å². The standard InChI is InChI=1S/C20H17N3O3/c24-19(21-14-15-7-3-1-4-8-15)17-11-12-23(26)18(13-17)22-20(25)16-9-5-2-6-10-16/h1-13,26H,14H2,(H,21,24). The molecular formula is C20H17N3O3. The first-order valence-corrected chi connectivity index (χ1v) is 8.02. The Morgan fingerprint density at radius 3 is 2.27 bits per heavy atom. The quantitative estimate of drug-likeness (QED) is 0.711. The van der Waals surface area contributed by atoms with Crippen molar-refractivity contribution < 1.29 is 14.8 Å². The average Bonchev–Trinajstić information content (AvgIpc) is 2.69. The maximum absolute atomic E-state index is 12.3. The van der Waals surface area contributed by atoms with E-state index in [0.717, 1.165) is 5.56 Å². The van der Waals surface area contributed by atoms with Crippen molar-refractivity contribution in [3.63, 3.8) is 0 Å². The molecule has 0 saturated heterocycles. The number of rotatable bonds is 4. The van der Waals surface area contributed by atoms with E-state index >= 15 is 0 Å². The van der Waals surface area contributed by atoms with Gasteiger partial charge in [-0.05, 0) is 29.8 Å². The Kier molecular flexibility index (Phi) is 5.24. The van der Waals surface area contributed by atoms with Gasteiger partial charge in [-0.15, -0.1) is 0 Å². The molecule has 2 aromatic carbocycles. The van der Waals surface area contributed by atoms with Crippen molar-refractivity contribution >= 4 is 11.8 Å². The number of carbonyl (C=O) groups is 2. The third-order valence-electron chi connectivity index (χ3n) is 3.71. The molecule has 0 radical (unpaired) electrons. The van der Waals surface area contributed by atoms with Crippen LogP contribution in [0, 0.1) is 0 Å². The molecule has 0 aliphatic carbocycles. The van der Waals surface area contributed by atoms with E-state index < -0.39 is 5.91 Å². The van der Waals surface area contributed by atoms with Crippen LogP contribution in [-0.2, 0) is 6.54 Å². The fourth-order valence-electron chi connectivity index (χ4n) is 2.33. The summed E-state index contributed by atoms with van der Waals surface area (Å²) < 4.78 is 0.703. The van der Waals surface area contributed by atoms with Gasteiger partial charge in [0, 0.05) is 23.9 Å². The molecule has 2 amide bonds. The Morgan fingerprint density at radius 1 is 0.923 bits per heavy atom. The van der Waals surface area contributed by atoms with Gasteiger partial charge in [0.15, 0.2) is 5.49 Å². The lowest BCUT2D eigenvalue weighted by Crippen LogP contribution is -2.27. The highest BCUT2D eigenvalue weighted by molar-refractivity contribution is 5.95. The van der Waals surface area contributed by atoms with Crippen LogP contribution in [0.25, 0.3) is 0 Å². The summed E-state index contributed by atoms with van der Waals surface area (Å²) >= 11 is 0. The van der Waals surface area contributed by atoms with Gasteiger partial charge in [0.2, 0.25) is 0 Å². The van der Waals surface area contributed by atoms with E-state index in [1.54, 1.807) is 30.3 Å². The molecule has 0 atom stereocenters. The molecule has 0 saturated carbocycles. The molecule has 1 heterocycles. The number of amides is 2. The highest BCUT2D eigenvalue weighted by Crippen LogP contribution is 2.02. The summed E-state index contributed by atoms with van der Waals surface area (Å²) in [5, 5.41) is 12.6. The lowest BCUT2D eigenvalue weighted by atomic mass is 10.2. The number of hydrogen-bond donors (Lipinski definition) is 2. The Bertz CT molecular complexity index is 980. The first-order chi connectivity index (χ1) is 12.6. The summed E-state index contributed by atoms with van der Waals surface area (Å²) in [6.07, 6.45) is 1.27. The second-order valence-electron chi connectivity index (χ2n) is 5.57. The molecule has 0 unspecified atom stereocenters. The highest BCUT2D eigenvalue weighted by atomic mass is 16.5. The first kappa shape index (κ1) is 17.2. The Labute approximate surface area is 150 Å². The summed E-state index contributed by atoms with van der Waals surface area (Å²) in [7, 11) is 0. The zero-order valence-corrected chi connectivity index (χ0v) is 13.9. The van der Waals surface area contributed by atoms with E-state index in [0.29, 0.717) is 22.4 Å². The van der Waals surface area contributed by atoms with E-state index in [-0.39, 0.29) is 11.4 Å². The maximum atomic E-state index is 12.3. The number of nitrogens with one attached hydrogen (secondary N) is 1. The van der Waals surface area contributed by atoms with Crippen LogP contribution >= 0.6 is 0 Å². The van der Waals surface area contributed by atoms with Crippen LogP contribution in [0.3, 0.4) is 0 Å². The van der Waals surface area contributed by atoms with Crippen molar-refractivity contribution in [2.75, 3.05) is 0 Å². The van der Waals surface area contributed by atoms with Crippen molar-refractivity contribution in [1.82, 2.24) is 10.0 Å². The molecule has 0 spiro atoms. The van der Waals surface area contributed by atoms with Crippen LogP contribution in [0.4, 0.5) is 0 Å². The SMILES string of the molecule is O=C(N=c1cc(C(=O)NCc2ccccc2)ccn1O)c1ccccc1. The van der Waals surface area contributed by atoms with Gasteiger partial charge in [-0.2, -0.15) is 9.72 Å². The molecule has 0 fully saturated rings. The Balaban J connectivity index is 1.80. The minimum absolute atomic E-state index is 0.0220. The second-order valence-corrected chi connectivity index (χ2v) is 5.57. The number of carbonyl (C=O) groups excluding carboxylic acids is 2. The van der Waals surface area contributed by atoms with E-state index in [2.05, 4.69) is 10.3 Å². The Morgan fingerprint density at radius 2 is 1.58 bits per heavy atom. The molecule has 130 valence electrons. The largest absolute Gasteiger partial charge is 0.427 e. The zero-order valence-electron chi connectivity index (χ0n) is 13.9. The van der Waals surface area contributed by atoms with Crippen LogP contribution in [0.15, 0.2) is 84.0 Å². The molecule has 3 aromatic rings. The van der Waals surface area contributed by atoms with Crippen LogP contribution in [0.2, 0.25) is 0 Å². The number of aromatic nitrogens is 1. The molecule has 0 bridgehead atoms. The number of nitrogens with zero attached hydrogens (tertiary/aromatic N) is 2. The predicted octanol–water partition coefficient (Wildman–Crippen LogP) is 2.40. The van der Waals surface area contributed by atoms with E-state index in [9.17, 15) is 14.8 Å². The second kappa shape index (κ2) is 7.94. The zero-order chi connectivity index (χ0) is 18.4. The number of pyridine rings is 1. The molecule has 0 aliphatic rings. The van der Waals surface area contributed by atoms with Crippen LogP contribution in [0.1, 0.15) is 26.3 Å². The minimum atomic E-state index is -0.504. The molecule has 6 heteroatoms. The van der Waals surface area contributed by atoms with Crippen molar-refractivity contribution in [2.24, 2.45) is 4.99 Å². The van der Waals surface area contributed by atoms with Crippen LogP contribution in [0.5, 0.6) is 0 Å². The van der Waals surface area contributed by atoms with Crippen LogP contribution in [-0.4, -0.2) is 21.8 Å². The van der Waals surface area contributed by atoms with Crippen molar-refractivity contribution in [3.05, 3.63) is 101 Å². The normalized spacial score (nSPS) is 11.2. The molecular weight excluding hydrogens is 330 g/mol. The smallest absolute Gasteiger partial charge is 0.279 e. The highest BCUT2D eigenvalue weighted by Gasteiger charge is 2.08. The molecule has 1 aromatic heterocycles. The summed E-state index contributed by atoms with van der Waals surface area (Å²) in [5.41, 5.74) is 1.64. The predicted molar refractivity (Wildman–Crippen MR) is 95.6 cm³/mol. The molecule has 6 nitrogen and oxygen atoms in total. The van der Waals surface area contributed by atoms with Gasteiger partial charge in [0.1, 0.15) is 0 Å². The van der Waals surface area contributed by atoms with Gasteiger partial charge in [-0.3, -0.25) is 9.59 Å². The van der Waals surface area contributed by atoms with Crippen molar-refractivity contribution in [1.29, 1.82) is 0 Å². The monoisotopic (exact) mass is 347 g/mol. The molecule has 3 rings (SSSR count). The molecule has 2 N–H and O–H groups in total. The van der Waals surface area contributed by atoms with Gasteiger partial charge in [0.25, 0.3) is 11.8 Å². The van der Waals surface area contributed by atoms with E-state index in [4.69, 9.17) is 0 Å². The number of hydrogen-bond acceptors (Lipinski definition) is 3. The molecule has 0 aliphatic heterocycles. The summed E-state index contributed by atoms with van der Waals surface area (Å²) in [6.45, 7) is 0.378. The third-order valence-corrected chi connectivity index (χ3v) is 3.71. The fourth-order valence-corrected chi connectivity index (χ4v) is 2.33. The van der Waals surface area contributed by atoms with Gasteiger partial charge < -0.3 is 10.5 Å². The average molecular weight is 347 g/mol. The van der Waals surface area contributed by atoms with Crippen LogP contribution < -0.4 is 10.8 Å². The summed E-state index contributed by atoms with van der Waals surface area (Å²) in [4.78, 5) is 28.4. The van der Waals surface area contributed by atoms with Gasteiger partial charge in [0.05, 0.1) is 0 Å². The summed E-state index contributed by atoms with van der Waals surface area (Å²) in [5.74, 6) is -0.826. The topological polar surface area (TPSA) is 83.7 Å². The lowest BCUT2D eigenvalue weighted by Gasteiger charge is -2.06. The third kappa shape index (κ3) is 4.24. The fraction of sp³-hybridized carbons (Fsp3) is 0.0500. The van der Waals surface area contributed by atoms with Crippen molar-refractivity contribution in [3.8, 4) is 0 Å². The maximum Gasteiger partial charge on any atom is 0.279 e.